The first kappa shape index (κ1) is 73.8. The Morgan fingerprint density at radius 1 is 0.283 bits per heavy atom. The number of ether oxygens (including phenoxy) is 2. The molecule has 10 aromatic carbocycles. The van der Waals surface area contributed by atoms with E-state index >= 15 is 0 Å². The van der Waals surface area contributed by atoms with Crippen LogP contribution in [-0.4, -0.2) is 61.3 Å². The summed E-state index contributed by atoms with van der Waals surface area (Å²) in [5.74, 6) is 1.86. The largest absolute Gasteiger partial charge is 0.497 e. The summed E-state index contributed by atoms with van der Waals surface area (Å²) in [7, 11) is 1.61. The molecule has 0 bridgehead atoms. The minimum atomic E-state index is -0.372. The third-order valence-corrected chi connectivity index (χ3v) is 17.7. The quantitative estimate of drug-likeness (QED) is 0.113. The molecule has 0 unspecified atom stereocenters. The first-order chi connectivity index (χ1) is 52.0. The van der Waals surface area contributed by atoms with E-state index in [4.69, 9.17) is 9.47 Å². The van der Waals surface area contributed by atoms with Crippen molar-refractivity contribution in [3.8, 4) is 5.75 Å². The predicted octanol–water partition coefficient (Wildman–Crippen LogP) is 20.5. The van der Waals surface area contributed by atoms with Gasteiger partial charge in [-0.05, 0) is 94.4 Å². The van der Waals surface area contributed by atoms with Gasteiger partial charge in [-0.15, -0.1) is 0 Å². The lowest BCUT2D eigenvalue weighted by Gasteiger charge is -2.20. The van der Waals surface area contributed by atoms with E-state index in [9.17, 15) is 24.0 Å². The summed E-state index contributed by atoms with van der Waals surface area (Å²) in [4.78, 5) is 69.3. The van der Waals surface area contributed by atoms with Crippen LogP contribution in [-0.2, 0) is 22.6 Å². The van der Waals surface area contributed by atoms with Gasteiger partial charge in [-0.1, -0.05) is 309 Å². The highest BCUT2D eigenvalue weighted by Gasteiger charge is 2.21. The number of nitrogens with zero attached hydrogens (tertiary/aromatic N) is 5. The molecule has 0 atom stereocenters. The molecular weight excluding hydrogens is 1310 g/mol. The first-order valence-electron chi connectivity index (χ1n) is 35.2. The maximum Gasteiger partial charge on any atom is 0.418 e. The summed E-state index contributed by atoms with van der Waals surface area (Å²) < 4.78 is 10.4. The zero-order valence-corrected chi connectivity index (χ0v) is 59.2. The fraction of sp³-hybridized carbons (Fsp3) is 0.0957. The zero-order valence-electron chi connectivity index (χ0n) is 59.2. The number of allylic oxidation sites excluding steroid dienone is 10. The van der Waals surface area contributed by atoms with Crippen molar-refractivity contribution in [1.82, 2.24) is 24.5 Å². The lowest BCUT2D eigenvalue weighted by Crippen LogP contribution is -2.23. The van der Waals surface area contributed by atoms with Crippen molar-refractivity contribution in [3.05, 3.63) is 475 Å². The molecule has 12 nitrogen and oxygen atoms in total. The molecular formula is C94H83N5O7. The molecule has 0 N–H and O–H groups in total. The molecule has 0 fully saturated rings. The van der Waals surface area contributed by atoms with Gasteiger partial charge in [-0.25, -0.2) is 4.79 Å². The maximum atomic E-state index is 12.4. The molecule has 5 heterocycles. The van der Waals surface area contributed by atoms with E-state index in [0.29, 0.717) is 23.1 Å². The minimum absolute atomic E-state index is 0.00554. The number of hydrogen-bond donors (Lipinski definition) is 0. The molecule has 0 spiro atoms. The highest BCUT2D eigenvalue weighted by Crippen LogP contribution is 2.29. The first-order valence-corrected chi connectivity index (χ1v) is 35.2. The highest BCUT2D eigenvalue weighted by molar-refractivity contribution is 5.97. The second kappa shape index (κ2) is 38.5. The molecule has 12 heteroatoms. The number of hydrogen-bond acceptors (Lipinski definition) is 7. The Bertz CT molecular complexity index is 4720. The van der Waals surface area contributed by atoms with E-state index in [1.165, 1.54) is 32.7 Å². The number of carbonyl (C=O) groups excluding carboxylic acids is 5. The lowest BCUT2D eigenvalue weighted by molar-refractivity contribution is -0.125. The van der Waals surface area contributed by atoms with Crippen LogP contribution in [0, 0.1) is 6.92 Å². The van der Waals surface area contributed by atoms with Gasteiger partial charge in [0.05, 0.1) is 13.5 Å². The molecule has 5 aliphatic heterocycles. The topological polar surface area (TPSA) is 120 Å². The third-order valence-electron chi connectivity index (χ3n) is 17.7. The molecule has 0 radical (unpaired) electrons. The molecule has 0 aromatic heterocycles. The van der Waals surface area contributed by atoms with Crippen molar-refractivity contribution in [2.24, 2.45) is 0 Å². The van der Waals surface area contributed by atoms with Gasteiger partial charge in [0.1, 0.15) is 12.4 Å². The average molecular weight is 1390 g/mol. The normalized spacial score (nSPS) is 14.3. The van der Waals surface area contributed by atoms with Gasteiger partial charge in [0.25, 0.3) is 17.7 Å². The summed E-state index contributed by atoms with van der Waals surface area (Å²) >= 11 is 0. The average Bonchev–Trinajstić information content (AvgIpc) is 1.31. The molecule has 526 valence electrons. The fourth-order valence-electron chi connectivity index (χ4n) is 11.7. The van der Waals surface area contributed by atoms with Gasteiger partial charge in [0, 0.05) is 108 Å². The van der Waals surface area contributed by atoms with Crippen molar-refractivity contribution in [3.63, 3.8) is 0 Å². The Labute approximate surface area is 621 Å². The molecule has 0 saturated heterocycles. The summed E-state index contributed by atoms with van der Waals surface area (Å²) in [5.41, 5.74) is 11.3. The van der Waals surface area contributed by atoms with Crippen LogP contribution in [0.15, 0.2) is 414 Å². The summed E-state index contributed by atoms with van der Waals surface area (Å²) in [6.45, 7) is 2.29. The van der Waals surface area contributed by atoms with Crippen molar-refractivity contribution in [1.29, 1.82) is 0 Å². The van der Waals surface area contributed by atoms with Crippen molar-refractivity contribution < 1.29 is 33.4 Å². The van der Waals surface area contributed by atoms with Crippen LogP contribution in [0.2, 0.25) is 0 Å². The standard InChI is InChI=1S/2C19H17NO2.2C19H17NO.C18H15NO/c1-22-18-9-7-17(8-10-18)19(21)20-13-11-16(12-14-20)15-5-3-2-4-6-15;21-19(22-15-16-7-3-1-4-8-16)20-13-11-18(12-14-20)17-9-5-2-6-10-17;1-15-7-9-18(10-8-15)19(21)20-13-11-17(12-14-20)16-5-3-2-4-6-16;21-19(15-16-7-3-1-4-8-16)20-13-11-18(12-14-20)17-9-5-2-6-10-17;20-18(17-9-5-2-6-10-17)19-13-11-16(12-14-19)15-7-3-1-4-8-15/h2-14,16H,1H3;1-14,18H,15H2;2-14,17H,1H3;1-14,18H,15H2;1-14,16H. The number of methoxy groups -OCH3 is 1. The van der Waals surface area contributed by atoms with Crippen LogP contribution in [0.1, 0.15) is 105 Å². The van der Waals surface area contributed by atoms with Crippen LogP contribution in [0.4, 0.5) is 4.79 Å². The van der Waals surface area contributed by atoms with E-state index < -0.39 is 0 Å². The van der Waals surface area contributed by atoms with Gasteiger partial charge in [-0.3, -0.25) is 43.7 Å². The third kappa shape index (κ3) is 21.6. The molecule has 15 rings (SSSR count). The maximum absolute atomic E-state index is 12.4. The molecule has 5 aliphatic rings. The number of benzene rings is 10. The number of amides is 5. The van der Waals surface area contributed by atoms with Gasteiger partial charge in [0.15, 0.2) is 0 Å². The van der Waals surface area contributed by atoms with Crippen molar-refractivity contribution in [2.45, 2.75) is 49.5 Å². The monoisotopic (exact) mass is 1390 g/mol. The predicted molar refractivity (Wildman–Crippen MR) is 422 cm³/mol. The second-order valence-electron chi connectivity index (χ2n) is 25.1. The SMILES string of the molecule is COc1ccc(C(=O)N2C=CC(c3ccccc3)C=C2)cc1.Cc1ccc(C(=O)N2C=CC(c3ccccc3)C=C2)cc1.O=C(Cc1ccccc1)N1C=CC(c2ccccc2)C=C1.O=C(OCc1ccccc1)N1C=CC(c2ccccc2)C=C1.O=C(c1ccccc1)N1C=CC(c2ccccc2)C=C1. The van der Waals surface area contributed by atoms with E-state index in [0.717, 1.165) is 22.4 Å². The summed E-state index contributed by atoms with van der Waals surface area (Å²) in [6, 6.07) is 94.7. The van der Waals surface area contributed by atoms with Crippen LogP contribution in [0.25, 0.3) is 0 Å². The van der Waals surface area contributed by atoms with Crippen LogP contribution in [0.5, 0.6) is 5.75 Å². The highest BCUT2D eigenvalue weighted by atomic mass is 16.6. The summed E-state index contributed by atoms with van der Waals surface area (Å²) in [5, 5.41) is 0. The van der Waals surface area contributed by atoms with E-state index in [1.807, 2.05) is 311 Å². The van der Waals surface area contributed by atoms with Crippen LogP contribution in [0.3, 0.4) is 0 Å². The van der Waals surface area contributed by atoms with E-state index in [-0.39, 0.29) is 65.9 Å². The van der Waals surface area contributed by atoms with Gasteiger partial charge >= 0.3 is 6.09 Å². The van der Waals surface area contributed by atoms with Gasteiger partial charge in [-0.2, -0.15) is 0 Å². The van der Waals surface area contributed by atoms with Crippen LogP contribution >= 0.6 is 0 Å². The van der Waals surface area contributed by atoms with E-state index in [2.05, 4.69) is 72.8 Å². The van der Waals surface area contributed by atoms with Crippen LogP contribution < -0.4 is 4.74 Å². The molecule has 0 saturated carbocycles. The van der Waals surface area contributed by atoms with Gasteiger partial charge in [0.2, 0.25) is 5.91 Å². The zero-order chi connectivity index (χ0) is 73.5. The molecule has 106 heavy (non-hydrogen) atoms. The Kier molecular flexibility index (Phi) is 26.8. The van der Waals surface area contributed by atoms with Gasteiger partial charge < -0.3 is 9.47 Å². The Hall–Kier alpha value is -13.5. The fourth-order valence-corrected chi connectivity index (χ4v) is 11.7. The van der Waals surface area contributed by atoms with E-state index in [1.54, 1.807) is 63.4 Å². The lowest BCUT2D eigenvalue weighted by atomic mass is 9.97. The van der Waals surface area contributed by atoms with Crippen molar-refractivity contribution >= 4 is 29.7 Å². The molecule has 0 aliphatic carbocycles. The smallest absolute Gasteiger partial charge is 0.418 e. The Morgan fingerprint density at radius 2 is 0.538 bits per heavy atom. The number of carbonyl (C=O) groups is 5. The number of aryl methyl sites for hydroxylation is 1. The Balaban J connectivity index is 0.000000132. The second-order valence-corrected chi connectivity index (χ2v) is 25.1. The summed E-state index contributed by atoms with van der Waals surface area (Å²) in [6.07, 6.45) is 38.6. The Morgan fingerprint density at radius 3 is 0.849 bits per heavy atom. The number of rotatable bonds is 13. The molecule has 5 amide bonds. The van der Waals surface area contributed by atoms with Crippen molar-refractivity contribution in [2.75, 3.05) is 7.11 Å². The minimum Gasteiger partial charge on any atom is -0.497 e. The molecule has 10 aromatic rings.